The molecule has 3 amide bonds. The molecular weight excluding hydrogens is 572 g/mol. The molecule has 13 nitrogen and oxygen atoms in total. The lowest BCUT2D eigenvalue weighted by Crippen LogP contribution is -2.34. The number of amides is 3. The summed E-state index contributed by atoms with van der Waals surface area (Å²) in [6, 6.07) is 15.9. The minimum absolute atomic E-state index is 0.271. The lowest BCUT2D eigenvalue weighted by molar-refractivity contribution is -0.120. The summed E-state index contributed by atoms with van der Waals surface area (Å²) >= 11 is 0. The second kappa shape index (κ2) is 16.8. The van der Waals surface area contributed by atoms with Gasteiger partial charge >= 0.3 is 5.97 Å². The first kappa shape index (κ1) is 32.9. The Morgan fingerprint density at radius 2 is 1.45 bits per heavy atom. The summed E-state index contributed by atoms with van der Waals surface area (Å²) in [6.45, 7) is 3.53. The van der Waals surface area contributed by atoms with Crippen LogP contribution in [-0.4, -0.2) is 70.5 Å². The number of rotatable bonds is 15. The Kier molecular flexibility index (Phi) is 12.5. The Bertz CT molecular complexity index is 1490. The molecule has 0 unspecified atom stereocenters. The number of benzene rings is 3. The first-order valence-electron chi connectivity index (χ1n) is 13.6. The number of carbonyl (C=O) groups excluding carboxylic acids is 4. The van der Waals surface area contributed by atoms with E-state index in [2.05, 4.69) is 21.2 Å². The summed E-state index contributed by atoms with van der Waals surface area (Å²) in [5, 5.41) is 9.12. The van der Waals surface area contributed by atoms with Crippen LogP contribution < -0.4 is 35.0 Å². The summed E-state index contributed by atoms with van der Waals surface area (Å²) in [5.41, 5.74) is 4.10. The van der Waals surface area contributed by atoms with E-state index in [1.165, 1.54) is 26.5 Å². The zero-order valence-corrected chi connectivity index (χ0v) is 24.8. The van der Waals surface area contributed by atoms with Gasteiger partial charge in [0.1, 0.15) is 0 Å². The van der Waals surface area contributed by atoms with Gasteiger partial charge in [-0.15, -0.1) is 0 Å². The normalized spacial score (nSPS) is 10.5. The third-order valence-corrected chi connectivity index (χ3v) is 5.76. The third kappa shape index (κ3) is 9.76. The second-order valence-electron chi connectivity index (χ2n) is 8.82. The molecule has 3 rings (SSSR count). The minimum atomic E-state index is -0.540. The molecule has 0 aromatic heterocycles. The van der Waals surface area contributed by atoms with Crippen LogP contribution in [0.4, 0.5) is 5.69 Å². The molecule has 232 valence electrons. The first-order valence-corrected chi connectivity index (χ1v) is 13.6. The quantitative estimate of drug-likeness (QED) is 0.134. The highest BCUT2D eigenvalue weighted by molar-refractivity contribution is 5.97. The number of hydrogen-bond donors (Lipinski definition) is 3. The highest BCUT2D eigenvalue weighted by Crippen LogP contribution is 2.29. The Balaban J connectivity index is 1.50. The molecule has 3 N–H and O–H groups in total. The highest BCUT2D eigenvalue weighted by Gasteiger charge is 2.13. The molecule has 0 atom stereocenters. The molecule has 0 saturated heterocycles. The monoisotopic (exact) mass is 606 g/mol. The maximum Gasteiger partial charge on any atom is 0.338 e. The molecule has 0 radical (unpaired) electrons. The van der Waals surface area contributed by atoms with Crippen molar-refractivity contribution in [3.63, 3.8) is 0 Å². The van der Waals surface area contributed by atoms with Gasteiger partial charge in [-0.05, 0) is 80.1 Å². The summed E-state index contributed by atoms with van der Waals surface area (Å²) in [5.74, 6) is -0.296. The van der Waals surface area contributed by atoms with Crippen molar-refractivity contribution in [2.75, 3.05) is 45.9 Å². The fraction of sp³-hybridized carbons (Fsp3) is 0.258. The van der Waals surface area contributed by atoms with Crippen LogP contribution in [0.15, 0.2) is 65.8 Å². The van der Waals surface area contributed by atoms with Crippen LogP contribution in [0.2, 0.25) is 0 Å². The third-order valence-electron chi connectivity index (χ3n) is 5.76. The van der Waals surface area contributed by atoms with Gasteiger partial charge < -0.3 is 34.3 Å². The topological polar surface area (TPSA) is 163 Å². The molecule has 44 heavy (non-hydrogen) atoms. The predicted octanol–water partition coefficient (Wildman–Crippen LogP) is 3.18. The molecule has 0 fully saturated rings. The van der Waals surface area contributed by atoms with Gasteiger partial charge in [0, 0.05) is 11.3 Å². The second-order valence-corrected chi connectivity index (χ2v) is 8.82. The van der Waals surface area contributed by atoms with Crippen LogP contribution in [0.5, 0.6) is 23.0 Å². The fourth-order valence-electron chi connectivity index (χ4n) is 3.70. The molecule has 13 heteroatoms. The van der Waals surface area contributed by atoms with Crippen molar-refractivity contribution >= 4 is 35.6 Å². The molecular formula is C31H34N4O9. The maximum atomic E-state index is 12.4. The van der Waals surface area contributed by atoms with Gasteiger partial charge in [-0.3, -0.25) is 14.4 Å². The van der Waals surface area contributed by atoms with E-state index in [-0.39, 0.29) is 19.8 Å². The summed E-state index contributed by atoms with van der Waals surface area (Å²) in [7, 11) is 2.95. The maximum absolute atomic E-state index is 12.4. The van der Waals surface area contributed by atoms with Crippen LogP contribution in [0.1, 0.15) is 40.1 Å². The van der Waals surface area contributed by atoms with E-state index in [4.69, 9.17) is 23.7 Å². The Morgan fingerprint density at radius 1 is 0.750 bits per heavy atom. The molecule has 0 heterocycles. The smallest absolute Gasteiger partial charge is 0.338 e. The summed E-state index contributed by atoms with van der Waals surface area (Å²) in [4.78, 5) is 48.8. The van der Waals surface area contributed by atoms with Crippen molar-refractivity contribution in [2.45, 2.75) is 13.8 Å². The van der Waals surface area contributed by atoms with Crippen molar-refractivity contribution in [1.82, 2.24) is 10.7 Å². The molecule has 0 spiro atoms. The largest absolute Gasteiger partial charge is 0.493 e. The molecule has 3 aromatic carbocycles. The fourth-order valence-corrected chi connectivity index (χ4v) is 3.70. The highest BCUT2D eigenvalue weighted by atomic mass is 16.5. The number of hydrazone groups is 1. The Labute approximate surface area is 254 Å². The number of anilines is 1. The van der Waals surface area contributed by atoms with E-state index in [1.807, 2.05) is 0 Å². The van der Waals surface area contributed by atoms with Gasteiger partial charge in [-0.1, -0.05) is 0 Å². The first-order chi connectivity index (χ1) is 21.3. The van der Waals surface area contributed by atoms with E-state index in [0.717, 1.165) is 0 Å². The molecule has 0 aliphatic heterocycles. The van der Waals surface area contributed by atoms with E-state index in [9.17, 15) is 19.2 Å². The Hall–Kier alpha value is -5.59. The van der Waals surface area contributed by atoms with Gasteiger partial charge in [-0.2, -0.15) is 5.10 Å². The number of hydrogen-bond acceptors (Lipinski definition) is 10. The van der Waals surface area contributed by atoms with Gasteiger partial charge in [-0.25, -0.2) is 10.2 Å². The van der Waals surface area contributed by atoms with Crippen LogP contribution in [0, 0.1) is 0 Å². The zero-order chi connectivity index (χ0) is 31.9. The van der Waals surface area contributed by atoms with Crippen molar-refractivity contribution in [1.29, 1.82) is 0 Å². The van der Waals surface area contributed by atoms with Crippen molar-refractivity contribution < 1.29 is 42.9 Å². The molecule has 0 aliphatic rings. The van der Waals surface area contributed by atoms with E-state index >= 15 is 0 Å². The number of nitrogens with one attached hydrogen (secondary N) is 3. The molecule has 0 aliphatic carbocycles. The van der Waals surface area contributed by atoms with E-state index in [0.29, 0.717) is 52.0 Å². The average Bonchev–Trinajstić information content (AvgIpc) is 3.03. The van der Waals surface area contributed by atoms with E-state index < -0.39 is 23.7 Å². The number of nitrogens with zero attached hydrogens (tertiary/aromatic N) is 1. The Morgan fingerprint density at radius 3 is 2.14 bits per heavy atom. The summed E-state index contributed by atoms with van der Waals surface area (Å²) < 4.78 is 26.6. The van der Waals surface area contributed by atoms with Crippen molar-refractivity contribution in [2.24, 2.45) is 5.10 Å². The van der Waals surface area contributed by atoms with Gasteiger partial charge in [0.05, 0.1) is 45.8 Å². The number of esters is 1. The van der Waals surface area contributed by atoms with Crippen LogP contribution >= 0.6 is 0 Å². The average molecular weight is 607 g/mol. The van der Waals surface area contributed by atoms with Crippen LogP contribution in [-0.2, 0) is 14.3 Å². The molecule has 0 bridgehead atoms. The lowest BCUT2D eigenvalue weighted by atomic mass is 10.2. The summed E-state index contributed by atoms with van der Waals surface area (Å²) in [6.07, 6.45) is 1.40. The minimum Gasteiger partial charge on any atom is -0.493 e. The van der Waals surface area contributed by atoms with Gasteiger partial charge in [0.2, 0.25) is 0 Å². The van der Waals surface area contributed by atoms with E-state index in [1.54, 1.807) is 68.4 Å². The zero-order valence-electron chi connectivity index (χ0n) is 24.8. The molecule has 3 aromatic rings. The number of carbonyl (C=O) groups is 4. The van der Waals surface area contributed by atoms with Gasteiger partial charge in [0.15, 0.2) is 29.6 Å². The molecule has 0 saturated carbocycles. The predicted molar refractivity (Wildman–Crippen MR) is 162 cm³/mol. The number of ether oxygens (including phenoxy) is 5. The lowest BCUT2D eigenvalue weighted by Gasteiger charge is -2.13. The number of methoxy groups -OCH3 is 2. The van der Waals surface area contributed by atoms with Crippen LogP contribution in [0.25, 0.3) is 0 Å². The van der Waals surface area contributed by atoms with Crippen LogP contribution in [0.3, 0.4) is 0 Å². The van der Waals surface area contributed by atoms with Gasteiger partial charge in [0.25, 0.3) is 17.7 Å². The SMILES string of the molecule is CCOC(=O)c1ccc(NC(=O)COc2ccc(/C=N/NC(=O)CNC(=O)c3ccc(OC)c(OC)c3)cc2OCC)cc1. The van der Waals surface area contributed by atoms with Crippen molar-refractivity contribution in [3.05, 3.63) is 77.4 Å². The standard InChI is InChI=1S/C31H34N4O9/c1-5-42-27-15-20(17-33-35-28(36)18-32-30(38)22-10-14-24(40-3)26(16-22)41-4)7-13-25(27)44-19-29(37)34-23-11-8-21(9-12-23)31(39)43-6-2/h7-17H,5-6,18-19H2,1-4H3,(H,32,38)(H,34,37)(H,35,36)/b33-17+. The van der Waals surface area contributed by atoms with Crippen molar-refractivity contribution in [3.8, 4) is 23.0 Å².